The molecule has 1 unspecified atom stereocenters. The highest BCUT2D eigenvalue weighted by molar-refractivity contribution is 5.82. The van der Waals surface area contributed by atoms with Crippen molar-refractivity contribution >= 4 is 11.8 Å². The van der Waals surface area contributed by atoms with Crippen molar-refractivity contribution in [1.82, 2.24) is 10.2 Å². The summed E-state index contributed by atoms with van der Waals surface area (Å²) in [4.78, 5) is 25.9. The van der Waals surface area contributed by atoms with Crippen molar-refractivity contribution in [2.24, 2.45) is 11.3 Å². The maximum Gasteiger partial charge on any atom is 0.225 e. The quantitative estimate of drug-likeness (QED) is 0.907. The van der Waals surface area contributed by atoms with Gasteiger partial charge >= 0.3 is 0 Å². The van der Waals surface area contributed by atoms with Gasteiger partial charge in [0.25, 0.3) is 0 Å². The Morgan fingerprint density at radius 3 is 2.59 bits per heavy atom. The van der Waals surface area contributed by atoms with Gasteiger partial charge in [0.2, 0.25) is 11.8 Å². The van der Waals surface area contributed by atoms with Crippen LogP contribution in [0.1, 0.15) is 32.8 Å². The molecule has 2 rings (SSSR count). The van der Waals surface area contributed by atoms with Gasteiger partial charge in [-0.05, 0) is 12.0 Å². The molecule has 22 heavy (non-hydrogen) atoms. The van der Waals surface area contributed by atoms with Crippen LogP contribution in [0.25, 0.3) is 0 Å². The molecule has 1 aliphatic rings. The Kier molecular flexibility index (Phi) is 5.22. The molecule has 1 aromatic rings. The number of carbonyl (C=O) groups excluding carboxylic acids is 2. The molecule has 4 nitrogen and oxygen atoms in total. The SMILES string of the molecule is CC(C)(C)C(=O)NCC1CC(=O)N(CCc2ccccc2)C1. The molecule has 1 aromatic carbocycles. The smallest absolute Gasteiger partial charge is 0.225 e. The van der Waals surface area contributed by atoms with Crippen molar-refractivity contribution in [2.75, 3.05) is 19.6 Å². The lowest BCUT2D eigenvalue weighted by atomic mass is 9.95. The number of likely N-dealkylation sites (tertiary alicyclic amines) is 1. The number of nitrogens with one attached hydrogen (secondary N) is 1. The van der Waals surface area contributed by atoms with Crippen LogP contribution in [-0.4, -0.2) is 36.3 Å². The summed E-state index contributed by atoms with van der Waals surface area (Å²) in [5.74, 6) is 0.475. The van der Waals surface area contributed by atoms with Crippen LogP contribution < -0.4 is 5.32 Å². The third-order valence-corrected chi connectivity index (χ3v) is 4.04. The molecule has 1 heterocycles. The minimum atomic E-state index is -0.379. The average Bonchev–Trinajstić information content (AvgIpc) is 2.83. The van der Waals surface area contributed by atoms with Crippen LogP contribution in [0.3, 0.4) is 0 Å². The molecule has 0 bridgehead atoms. The van der Waals surface area contributed by atoms with Crippen LogP contribution >= 0.6 is 0 Å². The van der Waals surface area contributed by atoms with E-state index in [0.717, 1.165) is 19.5 Å². The maximum atomic E-state index is 12.1. The highest BCUT2D eigenvalue weighted by Crippen LogP contribution is 2.19. The van der Waals surface area contributed by atoms with Crippen molar-refractivity contribution in [1.29, 1.82) is 0 Å². The molecule has 0 radical (unpaired) electrons. The summed E-state index contributed by atoms with van der Waals surface area (Å²) >= 11 is 0. The van der Waals surface area contributed by atoms with Crippen LogP contribution in [0, 0.1) is 11.3 Å². The van der Waals surface area contributed by atoms with Crippen LogP contribution in [0.5, 0.6) is 0 Å². The van der Waals surface area contributed by atoms with Gasteiger partial charge in [0.15, 0.2) is 0 Å². The summed E-state index contributed by atoms with van der Waals surface area (Å²) in [7, 11) is 0. The zero-order chi connectivity index (χ0) is 16.2. The van der Waals surface area contributed by atoms with Crippen LogP contribution in [-0.2, 0) is 16.0 Å². The van der Waals surface area contributed by atoms with E-state index in [2.05, 4.69) is 17.4 Å². The van der Waals surface area contributed by atoms with Gasteiger partial charge in [-0.25, -0.2) is 0 Å². The largest absolute Gasteiger partial charge is 0.355 e. The summed E-state index contributed by atoms with van der Waals surface area (Å²) in [6.07, 6.45) is 1.42. The van der Waals surface area contributed by atoms with Gasteiger partial charge in [0.1, 0.15) is 0 Å². The fourth-order valence-electron chi connectivity index (χ4n) is 2.62. The summed E-state index contributed by atoms with van der Waals surface area (Å²) in [6.45, 7) is 7.78. The van der Waals surface area contributed by atoms with E-state index in [4.69, 9.17) is 0 Å². The minimum Gasteiger partial charge on any atom is -0.355 e. The molecule has 4 heteroatoms. The van der Waals surface area contributed by atoms with Crippen molar-refractivity contribution in [3.8, 4) is 0 Å². The van der Waals surface area contributed by atoms with Gasteiger partial charge in [-0.2, -0.15) is 0 Å². The van der Waals surface area contributed by atoms with Crippen molar-refractivity contribution in [3.63, 3.8) is 0 Å². The Hall–Kier alpha value is -1.84. The lowest BCUT2D eigenvalue weighted by Crippen LogP contribution is -2.38. The van der Waals surface area contributed by atoms with Crippen LogP contribution in [0.4, 0.5) is 0 Å². The zero-order valence-corrected chi connectivity index (χ0v) is 13.8. The van der Waals surface area contributed by atoms with E-state index in [-0.39, 0.29) is 23.1 Å². The normalized spacial score (nSPS) is 18.6. The van der Waals surface area contributed by atoms with Crippen LogP contribution in [0.15, 0.2) is 30.3 Å². The number of carbonyl (C=O) groups is 2. The van der Waals surface area contributed by atoms with Gasteiger partial charge in [0, 0.05) is 37.4 Å². The fourth-order valence-corrected chi connectivity index (χ4v) is 2.62. The van der Waals surface area contributed by atoms with Gasteiger partial charge in [0.05, 0.1) is 0 Å². The summed E-state index contributed by atoms with van der Waals surface area (Å²) in [5.41, 5.74) is 0.870. The lowest BCUT2D eigenvalue weighted by Gasteiger charge is -2.20. The lowest BCUT2D eigenvalue weighted by molar-refractivity contribution is -0.129. The monoisotopic (exact) mass is 302 g/mol. The van der Waals surface area contributed by atoms with E-state index >= 15 is 0 Å². The van der Waals surface area contributed by atoms with Crippen molar-refractivity contribution in [2.45, 2.75) is 33.6 Å². The number of hydrogen-bond acceptors (Lipinski definition) is 2. The predicted molar refractivity (Wildman–Crippen MR) is 87.3 cm³/mol. The number of amides is 2. The average molecular weight is 302 g/mol. The first kappa shape index (κ1) is 16.5. The second-order valence-corrected chi connectivity index (χ2v) is 7.11. The molecule has 0 aromatic heterocycles. The Labute approximate surface area is 132 Å². The second-order valence-electron chi connectivity index (χ2n) is 7.11. The van der Waals surface area contributed by atoms with Gasteiger partial charge < -0.3 is 10.2 Å². The second kappa shape index (κ2) is 6.95. The molecular weight excluding hydrogens is 276 g/mol. The van der Waals surface area contributed by atoms with E-state index in [9.17, 15) is 9.59 Å². The molecule has 1 fully saturated rings. The summed E-state index contributed by atoms with van der Waals surface area (Å²) < 4.78 is 0. The highest BCUT2D eigenvalue weighted by Gasteiger charge is 2.30. The Morgan fingerprint density at radius 1 is 1.27 bits per heavy atom. The summed E-state index contributed by atoms with van der Waals surface area (Å²) in [5, 5.41) is 2.96. The first-order valence-corrected chi connectivity index (χ1v) is 7.96. The van der Waals surface area contributed by atoms with E-state index < -0.39 is 0 Å². The number of rotatable bonds is 5. The number of nitrogens with zero attached hydrogens (tertiary/aromatic N) is 1. The van der Waals surface area contributed by atoms with Gasteiger partial charge in [-0.15, -0.1) is 0 Å². The Balaban J connectivity index is 1.77. The van der Waals surface area contributed by atoms with E-state index in [1.807, 2.05) is 43.9 Å². The first-order valence-electron chi connectivity index (χ1n) is 7.96. The molecule has 1 N–H and O–H groups in total. The molecule has 2 amide bonds. The molecule has 1 saturated heterocycles. The molecule has 120 valence electrons. The third kappa shape index (κ3) is 4.58. The molecule has 0 spiro atoms. The predicted octanol–water partition coefficient (Wildman–Crippen LogP) is 2.24. The van der Waals surface area contributed by atoms with Gasteiger partial charge in [-0.1, -0.05) is 51.1 Å². The van der Waals surface area contributed by atoms with Crippen molar-refractivity contribution in [3.05, 3.63) is 35.9 Å². The van der Waals surface area contributed by atoms with Gasteiger partial charge in [-0.3, -0.25) is 9.59 Å². The molecular formula is C18H26N2O2. The Morgan fingerprint density at radius 2 is 1.95 bits per heavy atom. The fraction of sp³-hybridized carbons (Fsp3) is 0.556. The van der Waals surface area contributed by atoms with Crippen molar-refractivity contribution < 1.29 is 9.59 Å². The van der Waals surface area contributed by atoms with E-state index in [1.54, 1.807) is 0 Å². The molecule has 0 aliphatic carbocycles. The first-order chi connectivity index (χ1) is 10.4. The van der Waals surface area contributed by atoms with Crippen LogP contribution in [0.2, 0.25) is 0 Å². The summed E-state index contributed by atoms with van der Waals surface area (Å²) in [6, 6.07) is 10.2. The zero-order valence-electron chi connectivity index (χ0n) is 13.8. The molecule has 1 atom stereocenters. The molecule has 0 saturated carbocycles. The number of benzene rings is 1. The third-order valence-electron chi connectivity index (χ3n) is 4.04. The van der Waals surface area contributed by atoms with E-state index in [0.29, 0.717) is 13.0 Å². The topological polar surface area (TPSA) is 49.4 Å². The minimum absolute atomic E-state index is 0.0442. The maximum absolute atomic E-state index is 12.1. The molecule has 1 aliphatic heterocycles. The highest BCUT2D eigenvalue weighted by atomic mass is 16.2. The Bertz CT molecular complexity index is 520. The number of hydrogen-bond donors (Lipinski definition) is 1. The van der Waals surface area contributed by atoms with E-state index in [1.165, 1.54) is 5.56 Å². The standard InChI is InChI=1S/C18H26N2O2/c1-18(2,3)17(22)19-12-15-11-16(21)20(13-15)10-9-14-7-5-4-6-8-14/h4-8,15H,9-13H2,1-3H3,(H,19,22).